The summed E-state index contributed by atoms with van der Waals surface area (Å²) in [5.41, 5.74) is 0.888. The molecule has 0 spiro atoms. The van der Waals surface area contributed by atoms with Crippen molar-refractivity contribution in [3.05, 3.63) is 39.9 Å². The highest BCUT2D eigenvalue weighted by molar-refractivity contribution is 5.35. The van der Waals surface area contributed by atoms with Gasteiger partial charge in [-0.25, -0.2) is 0 Å². The van der Waals surface area contributed by atoms with Gasteiger partial charge < -0.3 is 4.74 Å². The highest BCUT2D eigenvalue weighted by Crippen LogP contribution is 2.31. The fourth-order valence-corrected chi connectivity index (χ4v) is 1.46. The van der Waals surface area contributed by atoms with Gasteiger partial charge in [-0.05, 0) is 18.1 Å². The average Bonchev–Trinajstić information content (AvgIpc) is 2.17. The zero-order chi connectivity index (χ0) is 10.2. The molecule has 1 N–H and O–H groups in total. The summed E-state index contributed by atoms with van der Waals surface area (Å²) < 4.78 is 4.94. The summed E-state index contributed by atoms with van der Waals surface area (Å²) in [7, 11) is 0. The minimum Gasteiger partial charge on any atom is -0.405 e. The van der Waals surface area contributed by atoms with Crippen LogP contribution in [0.3, 0.4) is 0 Å². The van der Waals surface area contributed by atoms with Gasteiger partial charge in [-0.3, -0.25) is 15.2 Å². The molecule has 1 aliphatic rings. The van der Waals surface area contributed by atoms with E-state index in [2.05, 4.69) is 0 Å². The van der Waals surface area contributed by atoms with Crippen LogP contribution < -0.4 is 4.74 Å². The van der Waals surface area contributed by atoms with Crippen molar-refractivity contribution in [1.82, 2.24) is 0 Å². The third-order valence-corrected chi connectivity index (χ3v) is 2.25. The molecular weight excluding hydrogens is 186 g/mol. The summed E-state index contributed by atoms with van der Waals surface area (Å²) in [6.07, 6.45) is 0.435. The Labute approximate surface area is 80.1 Å². The summed E-state index contributed by atoms with van der Waals surface area (Å²) in [5, 5.41) is 20.0. The van der Waals surface area contributed by atoms with Crippen LogP contribution in [0.2, 0.25) is 0 Å². The van der Waals surface area contributed by atoms with E-state index >= 15 is 0 Å². The lowest BCUT2D eigenvalue weighted by Gasteiger charge is -2.25. The number of para-hydroxylation sites is 1. The van der Waals surface area contributed by atoms with E-state index in [0.29, 0.717) is 12.2 Å². The molecule has 0 radical (unpaired) electrons. The lowest BCUT2D eigenvalue weighted by atomic mass is 10.0. The summed E-state index contributed by atoms with van der Waals surface area (Å²) in [6.45, 7) is 0. The van der Waals surface area contributed by atoms with E-state index in [1.165, 1.54) is 0 Å². The molecule has 0 fully saturated rings. The first-order valence-electron chi connectivity index (χ1n) is 4.26. The molecule has 0 amide bonds. The second kappa shape index (κ2) is 2.95. The monoisotopic (exact) mass is 195 g/mol. The molecule has 1 aliphatic heterocycles. The molecule has 1 unspecified atom stereocenters. The van der Waals surface area contributed by atoms with E-state index in [9.17, 15) is 15.2 Å². The van der Waals surface area contributed by atoms with E-state index in [-0.39, 0.29) is 6.42 Å². The fraction of sp³-hybridized carbons (Fsp3) is 0.333. The van der Waals surface area contributed by atoms with Crippen LogP contribution in [-0.2, 0) is 6.42 Å². The quantitative estimate of drug-likeness (QED) is 0.411. The fourth-order valence-electron chi connectivity index (χ4n) is 1.46. The number of aryl methyl sites for hydroxylation is 1. The molecule has 1 aromatic rings. The van der Waals surface area contributed by atoms with Gasteiger partial charge in [-0.1, -0.05) is 18.2 Å². The van der Waals surface area contributed by atoms with Crippen molar-refractivity contribution in [3.8, 4) is 5.75 Å². The number of aliphatic hydroxyl groups is 1. The second-order valence-corrected chi connectivity index (χ2v) is 3.21. The van der Waals surface area contributed by atoms with Crippen molar-refractivity contribution in [2.45, 2.75) is 18.8 Å². The first-order chi connectivity index (χ1) is 6.62. The highest BCUT2D eigenvalue weighted by Gasteiger charge is 2.46. The Balaban J connectivity index is 2.34. The van der Waals surface area contributed by atoms with Crippen molar-refractivity contribution >= 4 is 0 Å². The van der Waals surface area contributed by atoms with E-state index in [1.54, 1.807) is 12.1 Å². The number of hydrogen-bond acceptors (Lipinski definition) is 4. The largest absolute Gasteiger partial charge is 0.481 e. The Morgan fingerprint density at radius 3 is 2.93 bits per heavy atom. The Hall–Kier alpha value is -1.62. The van der Waals surface area contributed by atoms with Crippen LogP contribution in [0.25, 0.3) is 0 Å². The normalized spacial score (nSPS) is 24.9. The van der Waals surface area contributed by atoms with Crippen molar-refractivity contribution < 1.29 is 14.8 Å². The summed E-state index contributed by atoms with van der Waals surface area (Å²) in [4.78, 5) is 9.71. The van der Waals surface area contributed by atoms with Crippen LogP contribution in [0, 0.1) is 10.1 Å². The molecule has 2 rings (SSSR count). The van der Waals surface area contributed by atoms with Gasteiger partial charge in [0.2, 0.25) is 0 Å². The Kier molecular flexibility index (Phi) is 1.89. The molecule has 0 aromatic heterocycles. The van der Waals surface area contributed by atoms with Crippen LogP contribution in [0.4, 0.5) is 0 Å². The third-order valence-electron chi connectivity index (χ3n) is 2.25. The SMILES string of the molecule is O=[N+]([O-])C1(O)CCc2ccccc2O1. The van der Waals surface area contributed by atoms with Crippen molar-refractivity contribution in [3.63, 3.8) is 0 Å². The number of hydrogen-bond donors (Lipinski definition) is 1. The maximum Gasteiger partial charge on any atom is 0.481 e. The van der Waals surface area contributed by atoms with Gasteiger partial charge in [0.15, 0.2) is 0 Å². The molecule has 0 bridgehead atoms. The molecule has 1 atom stereocenters. The number of rotatable bonds is 1. The van der Waals surface area contributed by atoms with Crippen molar-refractivity contribution in [2.75, 3.05) is 0 Å². The molecule has 14 heavy (non-hydrogen) atoms. The maximum absolute atomic E-state index is 10.5. The molecule has 74 valence electrons. The van der Waals surface area contributed by atoms with Crippen molar-refractivity contribution in [1.29, 1.82) is 0 Å². The van der Waals surface area contributed by atoms with Crippen molar-refractivity contribution in [2.24, 2.45) is 0 Å². The average molecular weight is 195 g/mol. The Morgan fingerprint density at radius 2 is 2.21 bits per heavy atom. The lowest BCUT2D eigenvalue weighted by molar-refractivity contribution is -0.676. The van der Waals surface area contributed by atoms with E-state index < -0.39 is 10.8 Å². The van der Waals surface area contributed by atoms with Gasteiger partial charge in [0.25, 0.3) is 0 Å². The predicted octanol–water partition coefficient (Wildman–Crippen LogP) is 0.934. The number of nitro groups is 1. The van der Waals surface area contributed by atoms with E-state index in [1.807, 2.05) is 12.1 Å². The third kappa shape index (κ3) is 1.31. The predicted molar refractivity (Wildman–Crippen MR) is 47.3 cm³/mol. The molecule has 1 aromatic carbocycles. The molecule has 5 nitrogen and oxygen atoms in total. The lowest BCUT2D eigenvalue weighted by Crippen LogP contribution is -2.46. The smallest absolute Gasteiger partial charge is 0.405 e. The van der Waals surface area contributed by atoms with Crippen LogP contribution >= 0.6 is 0 Å². The van der Waals surface area contributed by atoms with Crippen LogP contribution in [-0.4, -0.2) is 15.9 Å². The standard InChI is InChI=1S/C9H9NO4/c11-9(10(12)13)6-5-7-3-1-2-4-8(7)14-9/h1-4,11H,5-6H2. The van der Waals surface area contributed by atoms with Gasteiger partial charge in [0.05, 0.1) is 11.3 Å². The van der Waals surface area contributed by atoms with Gasteiger partial charge in [0, 0.05) is 0 Å². The summed E-state index contributed by atoms with van der Waals surface area (Å²) in [5.74, 6) is -1.87. The Bertz CT molecular complexity index is 379. The highest BCUT2D eigenvalue weighted by atomic mass is 16.8. The molecular formula is C9H9NO4. The van der Waals surface area contributed by atoms with Gasteiger partial charge in [-0.2, -0.15) is 0 Å². The molecule has 0 saturated carbocycles. The maximum atomic E-state index is 10.5. The van der Waals surface area contributed by atoms with Crippen LogP contribution in [0.15, 0.2) is 24.3 Å². The molecule has 1 heterocycles. The van der Waals surface area contributed by atoms with Gasteiger partial charge in [0.1, 0.15) is 5.75 Å². The zero-order valence-electron chi connectivity index (χ0n) is 7.34. The first-order valence-corrected chi connectivity index (χ1v) is 4.26. The van der Waals surface area contributed by atoms with Crippen LogP contribution in [0.5, 0.6) is 5.75 Å². The minimum absolute atomic E-state index is 0.0169. The number of fused-ring (bicyclic) bond motifs is 1. The molecule has 0 aliphatic carbocycles. The minimum atomic E-state index is -2.26. The molecule has 5 heteroatoms. The first kappa shape index (κ1) is 8.96. The number of ether oxygens (including phenoxy) is 1. The van der Waals surface area contributed by atoms with Gasteiger partial charge >= 0.3 is 5.91 Å². The van der Waals surface area contributed by atoms with Gasteiger partial charge in [-0.15, -0.1) is 0 Å². The van der Waals surface area contributed by atoms with Crippen LogP contribution in [0.1, 0.15) is 12.0 Å². The topological polar surface area (TPSA) is 72.6 Å². The summed E-state index contributed by atoms with van der Waals surface area (Å²) in [6, 6.07) is 6.99. The van der Waals surface area contributed by atoms with E-state index in [0.717, 1.165) is 5.56 Å². The zero-order valence-corrected chi connectivity index (χ0v) is 7.34. The second-order valence-electron chi connectivity index (χ2n) is 3.21. The number of benzene rings is 1. The number of nitrogens with zero attached hydrogens (tertiary/aromatic N) is 1. The Morgan fingerprint density at radius 1 is 1.50 bits per heavy atom. The summed E-state index contributed by atoms with van der Waals surface area (Å²) >= 11 is 0. The molecule has 0 saturated heterocycles. The van der Waals surface area contributed by atoms with E-state index in [4.69, 9.17) is 4.74 Å².